The average Bonchev–Trinajstić information content (AvgIpc) is 2.86. The summed E-state index contributed by atoms with van der Waals surface area (Å²) in [6, 6.07) is 1.47. The van der Waals surface area contributed by atoms with Gasteiger partial charge in [-0.15, -0.1) is 0 Å². The molecule has 0 aromatic carbocycles. The van der Waals surface area contributed by atoms with Gasteiger partial charge in [0.25, 0.3) is 0 Å². The van der Waals surface area contributed by atoms with Crippen molar-refractivity contribution in [2.45, 2.75) is 25.0 Å². The maximum Gasteiger partial charge on any atom is 0.242 e. The zero-order valence-corrected chi connectivity index (χ0v) is 12.6. The van der Waals surface area contributed by atoms with Crippen molar-refractivity contribution in [2.24, 2.45) is 0 Å². The number of aromatic nitrogens is 1. The molecule has 0 saturated carbocycles. The largest absolute Gasteiger partial charge is 0.390 e. The number of rotatable bonds is 10. The molecule has 1 heterocycles. The summed E-state index contributed by atoms with van der Waals surface area (Å²) in [5.41, 5.74) is 0.573. The molecule has 1 rings (SSSR count). The fourth-order valence-corrected chi connectivity index (χ4v) is 2.75. The van der Waals surface area contributed by atoms with E-state index in [0.29, 0.717) is 25.5 Å². The molecule has 0 fully saturated rings. The number of aryl methyl sites for hydroxylation is 1. The maximum atomic E-state index is 12.0. The van der Waals surface area contributed by atoms with Gasteiger partial charge >= 0.3 is 0 Å². The van der Waals surface area contributed by atoms with E-state index in [-0.39, 0.29) is 24.7 Å². The summed E-state index contributed by atoms with van der Waals surface area (Å²) in [4.78, 5) is 0.153. The van der Waals surface area contributed by atoms with Crippen molar-refractivity contribution >= 4 is 10.0 Å². The zero-order chi connectivity index (χ0) is 15.0. The third kappa shape index (κ3) is 4.88. The molecule has 0 aliphatic rings. The molecule has 2 N–H and O–H groups in total. The van der Waals surface area contributed by atoms with Crippen LogP contribution in [0.1, 0.15) is 12.6 Å². The molecule has 0 radical (unpaired) electrons. The highest BCUT2D eigenvalue weighted by molar-refractivity contribution is 7.89. The number of nitrogens with one attached hydrogen (secondary N) is 1. The molecule has 0 aliphatic heterocycles. The van der Waals surface area contributed by atoms with Crippen LogP contribution in [0.3, 0.4) is 0 Å². The standard InChI is InChI=1S/C12H22N2O5S/c1-3-14-9-12(8-11(14)10-15)20(16,17)13-4-5-19-7-6-18-2/h8-9,13,15H,3-7,10H2,1-2H3. The molecular formula is C12H22N2O5S. The van der Waals surface area contributed by atoms with Crippen LogP contribution in [0.25, 0.3) is 0 Å². The molecule has 1 aromatic rings. The predicted molar refractivity (Wildman–Crippen MR) is 73.9 cm³/mol. The van der Waals surface area contributed by atoms with Gasteiger partial charge in [0.2, 0.25) is 10.0 Å². The quantitative estimate of drug-likeness (QED) is 0.591. The normalized spacial score (nSPS) is 11.9. The lowest BCUT2D eigenvalue weighted by Gasteiger charge is -2.06. The van der Waals surface area contributed by atoms with Gasteiger partial charge in [0, 0.05) is 32.1 Å². The van der Waals surface area contributed by atoms with Gasteiger partial charge in [-0.05, 0) is 13.0 Å². The lowest BCUT2D eigenvalue weighted by Crippen LogP contribution is -2.27. The number of aliphatic hydroxyl groups is 1. The Labute approximate surface area is 119 Å². The molecule has 1 aromatic heterocycles. The van der Waals surface area contributed by atoms with Crippen LogP contribution in [0, 0.1) is 0 Å². The second-order valence-corrected chi connectivity index (χ2v) is 5.88. The summed E-state index contributed by atoms with van der Waals surface area (Å²) < 4.78 is 38.2. The van der Waals surface area contributed by atoms with Gasteiger partial charge in [-0.2, -0.15) is 0 Å². The van der Waals surface area contributed by atoms with Gasteiger partial charge in [-0.3, -0.25) is 0 Å². The van der Waals surface area contributed by atoms with E-state index in [1.807, 2.05) is 6.92 Å². The molecule has 7 nitrogen and oxygen atoms in total. The van der Waals surface area contributed by atoms with Crippen LogP contribution in [0.4, 0.5) is 0 Å². The van der Waals surface area contributed by atoms with Crippen LogP contribution >= 0.6 is 0 Å². The zero-order valence-electron chi connectivity index (χ0n) is 11.8. The summed E-state index contributed by atoms with van der Waals surface area (Å²) in [5, 5.41) is 9.16. The highest BCUT2D eigenvalue weighted by atomic mass is 32.2. The van der Waals surface area contributed by atoms with Crippen molar-refractivity contribution in [1.82, 2.24) is 9.29 Å². The summed E-state index contributed by atoms with van der Waals surface area (Å²) in [6.07, 6.45) is 1.51. The highest BCUT2D eigenvalue weighted by Crippen LogP contribution is 2.14. The third-order valence-electron chi connectivity index (χ3n) is 2.74. The number of hydrogen-bond acceptors (Lipinski definition) is 5. The molecule has 0 amide bonds. The first-order valence-corrected chi connectivity index (χ1v) is 7.89. The molecular weight excluding hydrogens is 284 g/mol. The first kappa shape index (κ1) is 17.1. The molecule has 0 spiro atoms. The van der Waals surface area contributed by atoms with E-state index in [9.17, 15) is 8.42 Å². The van der Waals surface area contributed by atoms with Gasteiger partial charge in [0.05, 0.1) is 31.3 Å². The van der Waals surface area contributed by atoms with Crippen LogP contribution in [-0.2, 0) is 32.6 Å². The minimum absolute atomic E-state index is 0.153. The van der Waals surface area contributed by atoms with Crippen LogP contribution in [0.15, 0.2) is 17.2 Å². The van der Waals surface area contributed by atoms with Gasteiger partial charge in [-0.1, -0.05) is 0 Å². The van der Waals surface area contributed by atoms with Gasteiger partial charge in [0.15, 0.2) is 0 Å². The van der Waals surface area contributed by atoms with E-state index in [2.05, 4.69) is 4.72 Å². The Bertz CT molecular complexity index is 476. The first-order valence-electron chi connectivity index (χ1n) is 6.41. The van der Waals surface area contributed by atoms with E-state index in [1.54, 1.807) is 11.7 Å². The fourth-order valence-electron chi connectivity index (χ4n) is 1.67. The second kappa shape index (κ2) is 8.38. The molecule has 0 atom stereocenters. The van der Waals surface area contributed by atoms with E-state index >= 15 is 0 Å². The first-order chi connectivity index (χ1) is 9.55. The lowest BCUT2D eigenvalue weighted by molar-refractivity contribution is 0.0736. The fraction of sp³-hybridized carbons (Fsp3) is 0.667. The van der Waals surface area contributed by atoms with Crippen molar-refractivity contribution in [3.05, 3.63) is 18.0 Å². The van der Waals surface area contributed by atoms with Crippen molar-refractivity contribution in [3.8, 4) is 0 Å². The van der Waals surface area contributed by atoms with Gasteiger partial charge < -0.3 is 19.1 Å². The number of ether oxygens (including phenoxy) is 2. The summed E-state index contributed by atoms with van der Waals surface area (Å²) in [7, 11) is -2.00. The van der Waals surface area contributed by atoms with E-state index in [4.69, 9.17) is 14.6 Å². The van der Waals surface area contributed by atoms with Crippen molar-refractivity contribution < 1.29 is 23.0 Å². The monoisotopic (exact) mass is 306 g/mol. The Morgan fingerprint density at radius 2 is 2.10 bits per heavy atom. The molecule has 116 valence electrons. The smallest absolute Gasteiger partial charge is 0.242 e. The van der Waals surface area contributed by atoms with Crippen molar-refractivity contribution in [1.29, 1.82) is 0 Å². The molecule has 0 unspecified atom stereocenters. The summed E-state index contributed by atoms with van der Waals surface area (Å²) >= 11 is 0. The Morgan fingerprint density at radius 1 is 1.35 bits per heavy atom. The molecule has 0 saturated heterocycles. The predicted octanol–water partition coefficient (Wildman–Crippen LogP) is -0.0584. The number of methoxy groups -OCH3 is 1. The van der Waals surface area contributed by atoms with Crippen LogP contribution in [0.2, 0.25) is 0 Å². The van der Waals surface area contributed by atoms with Gasteiger partial charge in [0.1, 0.15) is 0 Å². The Balaban J connectivity index is 2.54. The topological polar surface area (TPSA) is 89.8 Å². The molecule has 8 heteroatoms. The van der Waals surface area contributed by atoms with Crippen LogP contribution in [0.5, 0.6) is 0 Å². The summed E-state index contributed by atoms with van der Waals surface area (Å²) in [6.45, 7) is 3.68. The van der Waals surface area contributed by atoms with E-state index in [0.717, 1.165) is 0 Å². The highest BCUT2D eigenvalue weighted by Gasteiger charge is 2.17. The minimum atomic E-state index is -3.57. The number of hydrogen-bond donors (Lipinski definition) is 2. The van der Waals surface area contributed by atoms with Crippen molar-refractivity contribution in [3.63, 3.8) is 0 Å². The Hall–Kier alpha value is -0.930. The molecule has 20 heavy (non-hydrogen) atoms. The number of sulfonamides is 1. The van der Waals surface area contributed by atoms with Crippen LogP contribution in [-0.4, -0.2) is 51.6 Å². The third-order valence-corrected chi connectivity index (χ3v) is 4.17. The van der Waals surface area contributed by atoms with Crippen molar-refractivity contribution in [2.75, 3.05) is 33.5 Å². The Morgan fingerprint density at radius 3 is 2.65 bits per heavy atom. The Kier molecular flexibility index (Phi) is 7.17. The number of aliphatic hydroxyl groups excluding tert-OH is 1. The number of nitrogens with zero attached hydrogens (tertiary/aromatic N) is 1. The average molecular weight is 306 g/mol. The van der Waals surface area contributed by atoms with E-state index < -0.39 is 10.0 Å². The maximum absolute atomic E-state index is 12.0. The minimum Gasteiger partial charge on any atom is -0.390 e. The molecule has 0 aliphatic carbocycles. The SMILES string of the molecule is CCn1cc(S(=O)(=O)NCCOCCOC)cc1CO. The lowest BCUT2D eigenvalue weighted by atomic mass is 10.4. The summed E-state index contributed by atoms with van der Waals surface area (Å²) in [5.74, 6) is 0. The molecule has 0 bridgehead atoms. The van der Waals surface area contributed by atoms with E-state index in [1.165, 1.54) is 12.3 Å². The second-order valence-electron chi connectivity index (χ2n) is 4.11. The van der Waals surface area contributed by atoms with Gasteiger partial charge in [-0.25, -0.2) is 13.1 Å². The van der Waals surface area contributed by atoms with Crippen LogP contribution < -0.4 is 4.72 Å².